The topological polar surface area (TPSA) is 108 Å². The van der Waals surface area contributed by atoms with Gasteiger partial charge in [0.15, 0.2) is 5.82 Å². The van der Waals surface area contributed by atoms with E-state index in [0.29, 0.717) is 47.8 Å². The Hall–Kier alpha value is -4.51. The maximum Gasteiger partial charge on any atom is 0.269 e. The first-order valence-corrected chi connectivity index (χ1v) is 15.1. The lowest BCUT2D eigenvalue weighted by Gasteiger charge is -2.28. The number of nitrogens with one attached hydrogen (secondary N) is 2. The fraction of sp³-hybridized carbons (Fsp3) is 0.394. The van der Waals surface area contributed by atoms with Crippen molar-refractivity contribution in [1.82, 2.24) is 35.1 Å². The van der Waals surface area contributed by atoms with Gasteiger partial charge >= 0.3 is 0 Å². The van der Waals surface area contributed by atoms with Gasteiger partial charge in [-0.3, -0.25) is 14.3 Å². The molecule has 0 unspecified atom stereocenters. The zero-order valence-electron chi connectivity index (χ0n) is 25.4. The van der Waals surface area contributed by atoms with Crippen LogP contribution in [0.25, 0.3) is 27.6 Å². The number of benzene rings is 2. The highest BCUT2D eigenvalue weighted by atomic mass is 19.1. The Morgan fingerprint density at radius 1 is 1.11 bits per heavy atom. The summed E-state index contributed by atoms with van der Waals surface area (Å²) < 4.78 is 24.0. The molecule has 0 atom stereocenters. The molecule has 0 aliphatic carbocycles. The fourth-order valence-electron chi connectivity index (χ4n) is 6.28. The van der Waals surface area contributed by atoms with E-state index >= 15 is 4.39 Å². The number of aromatic amines is 1. The maximum atomic E-state index is 16.4. The van der Waals surface area contributed by atoms with Gasteiger partial charge < -0.3 is 24.8 Å². The molecule has 0 radical (unpaired) electrons. The van der Waals surface area contributed by atoms with Crippen LogP contribution in [0.1, 0.15) is 53.2 Å². The van der Waals surface area contributed by atoms with Gasteiger partial charge in [0.25, 0.3) is 5.91 Å². The zero-order chi connectivity index (χ0) is 30.8. The lowest BCUT2D eigenvalue weighted by atomic mass is 9.87. The number of piperidine rings is 1. The van der Waals surface area contributed by atoms with Crippen LogP contribution in [0.2, 0.25) is 0 Å². The predicted molar refractivity (Wildman–Crippen MR) is 167 cm³/mol. The normalized spacial score (nSPS) is 15.8. The molecule has 230 valence electrons. The van der Waals surface area contributed by atoms with Crippen LogP contribution in [0.5, 0.6) is 5.75 Å². The SMILES string of the molecule is COc1cc(C2CCNCC2)ccc1-c1cc(C2=CCCN(C(=O)CCn3ccnn3)C2)c(F)c2[nH]c(C(=O)N(C)C)cc12. The second-order valence-corrected chi connectivity index (χ2v) is 11.7. The predicted octanol–water partition coefficient (Wildman–Crippen LogP) is 4.45. The van der Waals surface area contributed by atoms with Crippen LogP contribution in [-0.2, 0) is 11.3 Å². The van der Waals surface area contributed by atoms with E-state index in [1.54, 1.807) is 49.2 Å². The minimum atomic E-state index is -0.449. The monoisotopic (exact) mass is 599 g/mol. The molecular formula is C33H38FN7O3. The van der Waals surface area contributed by atoms with E-state index in [1.165, 1.54) is 10.5 Å². The van der Waals surface area contributed by atoms with Crippen LogP contribution in [0.4, 0.5) is 4.39 Å². The van der Waals surface area contributed by atoms with E-state index in [1.807, 2.05) is 18.2 Å². The molecule has 2 aromatic carbocycles. The minimum Gasteiger partial charge on any atom is -0.496 e. The second-order valence-electron chi connectivity index (χ2n) is 11.7. The molecule has 10 nitrogen and oxygen atoms in total. The summed E-state index contributed by atoms with van der Waals surface area (Å²) >= 11 is 0. The van der Waals surface area contributed by atoms with Crippen LogP contribution in [0.3, 0.4) is 0 Å². The lowest BCUT2D eigenvalue weighted by Crippen LogP contribution is -2.36. The number of nitrogens with zero attached hydrogens (tertiary/aromatic N) is 5. The summed E-state index contributed by atoms with van der Waals surface area (Å²) in [4.78, 5) is 32.4. The lowest BCUT2D eigenvalue weighted by molar-refractivity contribution is -0.131. The number of fused-ring (bicyclic) bond motifs is 1. The number of aryl methyl sites for hydroxylation is 1. The highest BCUT2D eigenvalue weighted by Crippen LogP contribution is 2.42. The molecule has 44 heavy (non-hydrogen) atoms. The number of H-pyrrole nitrogens is 1. The summed E-state index contributed by atoms with van der Waals surface area (Å²) in [5.41, 5.74) is 4.48. The minimum absolute atomic E-state index is 0.0262. The largest absolute Gasteiger partial charge is 0.496 e. The van der Waals surface area contributed by atoms with E-state index in [4.69, 9.17) is 4.74 Å². The summed E-state index contributed by atoms with van der Waals surface area (Å²) in [6.45, 7) is 3.24. The Balaban J connectivity index is 1.40. The van der Waals surface area contributed by atoms with Gasteiger partial charge in [-0.15, -0.1) is 5.10 Å². The van der Waals surface area contributed by atoms with Crippen molar-refractivity contribution in [3.05, 3.63) is 71.4 Å². The van der Waals surface area contributed by atoms with Crippen molar-refractivity contribution in [3.8, 4) is 16.9 Å². The quantitative estimate of drug-likeness (QED) is 0.310. The first kappa shape index (κ1) is 29.6. The first-order valence-electron chi connectivity index (χ1n) is 15.1. The van der Waals surface area contributed by atoms with Gasteiger partial charge in [-0.25, -0.2) is 4.39 Å². The number of hydrogen-bond donors (Lipinski definition) is 2. The van der Waals surface area contributed by atoms with Gasteiger partial charge in [0.2, 0.25) is 5.91 Å². The van der Waals surface area contributed by atoms with Gasteiger partial charge in [0, 0.05) is 56.3 Å². The first-order chi connectivity index (χ1) is 21.3. The molecule has 11 heteroatoms. The molecule has 6 rings (SSSR count). The summed E-state index contributed by atoms with van der Waals surface area (Å²) in [7, 11) is 4.98. The molecule has 2 aliphatic heterocycles. The number of hydrogen-bond acceptors (Lipinski definition) is 6. The molecule has 2 aromatic heterocycles. The molecule has 0 spiro atoms. The van der Waals surface area contributed by atoms with E-state index in [0.717, 1.165) is 42.6 Å². The third kappa shape index (κ3) is 5.84. The van der Waals surface area contributed by atoms with Gasteiger partial charge in [0.1, 0.15) is 11.4 Å². The molecular weight excluding hydrogens is 561 g/mol. The van der Waals surface area contributed by atoms with Crippen molar-refractivity contribution in [1.29, 1.82) is 0 Å². The smallest absolute Gasteiger partial charge is 0.269 e. The van der Waals surface area contributed by atoms with Gasteiger partial charge in [0.05, 0.1) is 25.4 Å². The molecule has 4 aromatic rings. The number of aromatic nitrogens is 4. The van der Waals surface area contributed by atoms with Gasteiger partial charge in [-0.2, -0.15) is 0 Å². The Kier molecular flexibility index (Phi) is 8.47. The van der Waals surface area contributed by atoms with Crippen molar-refractivity contribution in [2.45, 2.75) is 38.1 Å². The van der Waals surface area contributed by atoms with Crippen molar-refractivity contribution in [2.75, 3.05) is 47.4 Å². The van der Waals surface area contributed by atoms with E-state index in [-0.39, 0.29) is 30.3 Å². The molecule has 2 N–H and O–H groups in total. The number of rotatable bonds is 8. The fourth-order valence-corrected chi connectivity index (χ4v) is 6.28. The van der Waals surface area contributed by atoms with Crippen molar-refractivity contribution in [2.24, 2.45) is 0 Å². The van der Waals surface area contributed by atoms with E-state index in [9.17, 15) is 9.59 Å². The van der Waals surface area contributed by atoms with Crippen molar-refractivity contribution >= 4 is 28.3 Å². The number of methoxy groups -OCH3 is 1. The Labute approximate surface area is 255 Å². The Morgan fingerprint density at radius 3 is 2.66 bits per heavy atom. The van der Waals surface area contributed by atoms with Crippen LogP contribution in [0.15, 0.2) is 48.8 Å². The van der Waals surface area contributed by atoms with Crippen molar-refractivity contribution < 1.29 is 18.7 Å². The highest BCUT2D eigenvalue weighted by Gasteiger charge is 2.26. The third-order valence-corrected chi connectivity index (χ3v) is 8.69. The molecule has 0 bridgehead atoms. The van der Waals surface area contributed by atoms with Crippen LogP contribution < -0.4 is 10.1 Å². The summed E-state index contributed by atoms with van der Waals surface area (Å²) in [6.07, 6.45) is 8.31. The molecule has 2 amide bonds. The second kappa shape index (κ2) is 12.6. The maximum absolute atomic E-state index is 16.4. The summed E-state index contributed by atoms with van der Waals surface area (Å²) in [5, 5.41) is 11.7. The average molecular weight is 600 g/mol. The van der Waals surface area contributed by atoms with E-state index in [2.05, 4.69) is 32.7 Å². The Bertz CT molecular complexity index is 1700. The number of carbonyl (C=O) groups is 2. The van der Waals surface area contributed by atoms with Crippen molar-refractivity contribution in [3.63, 3.8) is 0 Å². The summed E-state index contributed by atoms with van der Waals surface area (Å²) in [5.74, 6) is 0.420. The van der Waals surface area contributed by atoms with Crippen LogP contribution in [0, 0.1) is 5.82 Å². The number of halogens is 1. The zero-order valence-corrected chi connectivity index (χ0v) is 25.4. The third-order valence-electron chi connectivity index (χ3n) is 8.69. The summed E-state index contributed by atoms with van der Waals surface area (Å²) in [6, 6.07) is 9.83. The molecule has 4 heterocycles. The van der Waals surface area contributed by atoms with Crippen LogP contribution >= 0.6 is 0 Å². The number of carbonyl (C=O) groups excluding carboxylic acids is 2. The molecule has 1 saturated heterocycles. The molecule has 2 aliphatic rings. The van der Waals surface area contributed by atoms with E-state index < -0.39 is 5.82 Å². The van der Waals surface area contributed by atoms with Gasteiger partial charge in [-0.1, -0.05) is 23.4 Å². The van der Waals surface area contributed by atoms with Crippen LogP contribution in [-0.4, -0.2) is 89.0 Å². The highest BCUT2D eigenvalue weighted by molar-refractivity contribution is 6.05. The van der Waals surface area contributed by atoms with Gasteiger partial charge in [-0.05, 0) is 73.2 Å². The number of amides is 2. The Morgan fingerprint density at radius 2 is 1.93 bits per heavy atom. The average Bonchev–Trinajstić information content (AvgIpc) is 3.75. The number of ether oxygens (including phenoxy) is 1. The standard InChI is InChI=1S/C33H38FN7O3/c1-39(2)33(43)28-19-27-26(24-7-6-22(17-29(24)44-3)21-8-11-35-12-9-21)18-25(31(34)32(27)37-28)23-5-4-14-40(20-23)30(42)10-15-41-16-13-36-38-41/h5-7,13,16-19,21,35,37H,4,8-12,14-15,20H2,1-3H3. The molecule has 0 saturated carbocycles. The molecule has 1 fully saturated rings.